The van der Waals surface area contributed by atoms with Crippen LogP contribution in [0.25, 0.3) is 0 Å². The maximum absolute atomic E-state index is 12.2. The molecule has 1 aromatic rings. The molecule has 1 saturated heterocycles. The lowest BCUT2D eigenvalue weighted by Gasteiger charge is -2.19. The van der Waals surface area contributed by atoms with Crippen molar-refractivity contribution in [2.45, 2.75) is 30.0 Å². The van der Waals surface area contributed by atoms with Gasteiger partial charge in [-0.2, -0.15) is 9.57 Å². The number of nitriles is 1. The van der Waals surface area contributed by atoms with E-state index in [1.165, 1.54) is 10.4 Å². The first-order valence-corrected chi connectivity index (χ1v) is 7.33. The van der Waals surface area contributed by atoms with Crippen molar-refractivity contribution >= 4 is 21.4 Å². The van der Waals surface area contributed by atoms with E-state index in [0.717, 1.165) is 24.2 Å². The molecule has 1 aromatic heterocycles. The Morgan fingerprint density at radius 1 is 1.56 bits per heavy atom. The monoisotopic (exact) mass is 256 g/mol. The summed E-state index contributed by atoms with van der Waals surface area (Å²) in [7, 11) is -3.38. The van der Waals surface area contributed by atoms with E-state index in [1.807, 2.05) is 13.0 Å². The molecule has 0 N–H and O–H groups in total. The Labute approximate surface area is 99.2 Å². The van der Waals surface area contributed by atoms with Crippen LogP contribution in [0.3, 0.4) is 0 Å². The van der Waals surface area contributed by atoms with Gasteiger partial charge in [0.15, 0.2) is 0 Å². The highest BCUT2D eigenvalue weighted by molar-refractivity contribution is 7.91. The Morgan fingerprint density at radius 2 is 2.31 bits per heavy atom. The lowest BCUT2D eigenvalue weighted by atomic mass is 10.3. The van der Waals surface area contributed by atoms with E-state index in [-0.39, 0.29) is 10.3 Å². The number of hydrogen-bond donors (Lipinski definition) is 0. The Bertz CT molecular complexity index is 527. The van der Waals surface area contributed by atoms with Crippen molar-refractivity contribution in [2.24, 2.45) is 0 Å². The summed E-state index contributed by atoms with van der Waals surface area (Å²) >= 11 is 1.04. The van der Waals surface area contributed by atoms with Crippen molar-refractivity contribution < 1.29 is 8.42 Å². The third kappa shape index (κ3) is 1.86. The molecule has 0 spiro atoms. The first kappa shape index (κ1) is 11.6. The lowest BCUT2D eigenvalue weighted by Crippen LogP contribution is -2.33. The van der Waals surface area contributed by atoms with Crippen molar-refractivity contribution in [1.29, 1.82) is 5.26 Å². The molecule has 0 aliphatic carbocycles. The van der Waals surface area contributed by atoms with Crippen LogP contribution in [0.1, 0.15) is 24.6 Å². The number of thiophene rings is 1. The van der Waals surface area contributed by atoms with Gasteiger partial charge >= 0.3 is 0 Å². The molecule has 1 atom stereocenters. The molecule has 0 bridgehead atoms. The summed E-state index contributed by atoms with van der Waals surface area (Å²) in [5, 5.41) is 8.69. The van der Waals surface area contributed by atoms with Crippen LogP contribution < -0.4 is 0 Å². The highest BCUT2D eigenvalue weighted by Gasteiger charge is 2.33. The quantitative estimate of drug-likeness (QED) is 0.810. The largest absolute Gasteiger partial charge is 0.252 e. The maximum atomic E-state index is 12.2. The first-order chi connectivity index (χ1) is 7.55. The first-order valence-electron chi connectivity index (χ1n) is 5.07. The number of rotatable bonds is 2. The van der Waals surface area contributed by atoms with Gasteiger partial charge in [-0.25, -0.2) is 8.42 Å². The highest BCUT2D eigenvalue weighted by Crippen LogP contribution is 2.29. The normalized spacial score (nSPS) is 22.1. The molecule has 0 radical (unpaired) electrons. The molecule has 4 nitrogen and oxygen atoms in total. The molecule has 0 aromatic carbocycles. The summed E-state index contributed by atoms with van der Waals surface area (Å²) in [4.78, 5) is 0.436. The van der Waals surface area contributed by atoms with Gasteiger partial charge in [-0.1, -0.05) is 0 Å². The van der Waals surface area contributed by atoms with Crippen LogP contribution in [0.4, 0.5) is 0 Å². The summed E-state index contributed by atoms with van der Waals surface area (Å²) in [6, 6.07) is 5.10. The highest BCUT2D eigenvalue weighted by atomic mass is 32.2. The number of nitrogens with zero attached hydrogens (tertiary/aromatic N) is 2. The van der Waals surface area contributed by atoms with E-state index < -0.39 is 10.0 Å². The lowest BCUT2D eigenvalue weighted by molar-refractivity contribution is 0.409. The van der Waals surface area contributed by atoms with E-state index >= 15 is 0 Å². The van der Waals surface area contributed by atoms with Crippen LogP contribution in [0, 0.1) is 11.3 Å². The third-order valence-electron chi connectivity index (χ3n) is 2.75. The average Bonchev–Trinajstić information content (AvgIpc) is 2.85. The Balaban J connectivity index is 2.35. The molecule has 0 saturated carbocycles. The van der Waals surface area contributed by atoms with Gasteiger partial charge in [0.25, 0.3) is 10.0 Å². The minimum absolute atomic E-state index is 0.0673. The molecule has 1 aliphatic heterocycles. The van der Waals surface area contributed by atoms with Gasteiger partial charge in [0.1, 0.15) is 15.2 Å². The SMILES string of the molecule is CC1CCCN1S(=O)(=O)c1ccc(C#N)s1. The Morgan fingerprint density at radius 3 is 2.81 bits per heavy atom. The van der Waals surface area contributed by atoms with Crippen molar-refractivity contribution in [3.05, 3.63) is 17.0 Å². The molecule has 86 valence electrons. The molecule has 2 heterocycles. The van der Waals surface area contributed by atoms with Crippen molar-refractivity contribution in [1.82, 2.24) is 4.31 Å². The van der Waals surface area contributed by atoms with E-state index in [1.54, 1.807) is 6.07 Å². The van der Waals surface area contributed by atoms with E-state index in [2.05, 4.69) is 0 Å². The van der Waals surface area contributed by atoms with Crippen LogP contribution in [0.15, 0.2) is 16.3 Å². The minimum atomic E-state index is -3.38. The van der Waals surface area contributed by atoms with Gasteiger partial charge in [0.05, 0.1) is 0 Å². The topological polar surface area (TPSA) is 61.2 Å². The van der Waals surface area contributed by atoms with E-state index in [9.17, 15) is 8.42 Å². The molecule has 16 heavy (non-hydrogen) atoms. The Kier molecular flexibility index (Phi) is 3.02. The fraction of sp³-hybridized carbons (Fsp3) is 0.500. The van der Waals surface area contributed by atoms with E-state index in [4.69, 9.17) is 5.26 Å². The van der Waals surface area contributed by atoms with Gasteiger partial charge in [-0.05, 0) is 31.9 Å². The number of sulfonamides is 1. The van der Waals surface area contributed by atoms with Crippen molar-refractivity contribution in [3.8, 4) is 6.07 Å². The molecule has 0 amide bonds. The summed E-state index contributed by atoms with van der Waals surface area (Å²) in [5.74, 6) is 0. The van der Waals surface area contributed by atoms with Crippen molar-refractivity contribution in [2.75, 3.05) is 6.54 Å². The molecule has 1 aliphatic rings. The minimum Gasteiger partial charge on any atom is -0.206 e. The second-order valence-electron chi connectivity index (χ2n) is 3.84. The van der Waals surface area contributed by atoms with Crippen LogP contribution in [-0.4, -0.2) is 25.3 Å². The number of hydrogen-bond acceptors (Lipinski definition) is 4. The predicted octanol–water partition coefficient (Wildman–Crippen LogP) is 1.79. The summed E-state index contributed by atoms with van der Waals surface area (Å²) < 4.78 is 26.2. The van der Waals surface area contributed by atoms with Gasteiger partial charge in [0.2, 0.25) is 0 Å². The molecule has 6 heteroatoms. The third-order valence-corrected chi connectivity index (χ3v) is 6.22. The average molecular weight is 256 g/mol. The summed E-state index contributed by atoms with van der Waals surface area (Å²) in [5.41, 5.74) is 0. The molecule has 1 unspecified atom stereocenters. The van der Waals surface area contributed by atoms with Crippen LogP contribution in [-0.2, 0) is 10.0 Å². The molecular weight excluding hydrogens is 244 g/mol. The van der Waals surface area contributed by atoms with Crippen molar-refractivity contribution in [3.63, 3.8) is 0 Å². The van der Waals surface area contributed by atoms with Gasteiger partial charge in [-0.3, -0.25) is 0 Å². The van der Waals surface area contributed by atoms with Gasteiger partial charge < -0.3 is 0 Å². The van der Waals surface area contributed by atoms with Crippen LogP contribution in [0.2, 0.25) is 0 Å². The predicted molar refractivity (Wildman–Crippen MR) is 61.6 cm³/mol. The fourth-order valence-corrected chi connectivity index (χ4v) is 4.83. The zero-order chi connectivity index (χ0) is 11.8. The summed E-state index contributed by atoms with van der Waals surface area (Å²) in [6.07, 6.45) is 1.83. The smallest absolute Gasteiger partial charge is 0.206 e. The molecular formula is C10H12N2O2S2. The zero-order valence-electron chi connectivity index (χ0n) is 8.88. The molecule has 1 fully saturated rings. The Hall–Kier alpha value is -0.900. The van der Waals surface area contributed by atoms with E-state index in [0.29, 0.717) is 11.4 Å². The second-order valence-corrected chi connectivity index (χ2v) is 7.04. The zero-order valence-corrected chi connectivity index (χ0v) is 10.5. The standard InChI is InChI=1S/C10H12N2O2S2/c1-8-3-2-6-12(8)16(13,14)10-5-4-9(7-11)15-10/h4-5,8H,2-3,6H2,1H3. The van der Waals surface area contributed by atoms with Crippen LogP contribution >= 0.6 is 11.3 Å². The summed E-state index contributed by atoms with van der Waals surface area (Å²) in [6.45, 7) is 2.51. The fourth-order valence-electron chi connectivity index (χ4n) is 1.90. The second kappa shape index (κ2) is 4.17. The molecule has 2 rings (SSSR count). The van der Waals surface area contributed by atoms with Crippen LogP contribution in [0.5, 0.6) is 0 Å². The maximum Gasteiger partial charge on any atom is 0.252 e. The van der Waals surface area contributed by atoms with Gasteiger partial charge in [0, 0.05) is 12.6 Å². The van der Waals surface area contributed by atoms with Gasteiger partial charge in [-0.15, -0.1) is 11.3 Å².